The van der Waals surface area contributed by atoms with E-state index in [1.54, 1.807) is 19.2 Å². The smallest absolute Gasteiger partial charge is 0.123 e. The number of methoxy groups -OCH3 is 1. The molecule has 0 amide bonds. The molecule has 2 fully saturated rings. The third kappa shape index (κ3) is 3.88. The molecule has 0 bridgehead atoms. The van der Waals surface area contributed by atoms with Crippen molar-refractivity contribution in [3.05, 3.63) is 94.8 Å². The number of nitrogens with one attached hydrogen (secondary N) is 1. The maximum Gasteiger partial charge on any atom is 0.123 e. The van der Waals surface area contributed by atoms with Crippen LogP contribution in [0.15, 0.2) is 66.7 Å². The molecule has 3 aromatic rings. The molecule has 1 spiro atoms. The van der Waals surface area contributed by atoms with E-state index < -0.39 is 0 Å². The number of hydrogen-bond donors (Lipinski definition) is 1. The van der Waals surface area contributed by atoms with Crippen LogP contribution in [-0.4, -0.2) is 33.3 Å². The Bertz CT molecular complexity index is 1140. The highest BCUT2D eigenvalue weighted by molar-refractivity contribution is 5.54. The van der Waals surface area contributed by atoms with Gasteiger partial charge < -0.3 is 15.0 Å². The summed E-state index contributed by atoms with van der Waals surface area (Å²) in [4.78, 5) is 2.53. The average Bonchev–Trinajstić information content (AvgIpc) is 2.87. The van der Waals surface area contributed by atoms with Crippen molar-refractivity contribution in [2.45, 2.75) is 37.5 Å². The van der Waals surface area contributed by atoms with E-state index in [4.69, 9.17) is 4.74 Å². The number of benzene rings is 3. The molecular weight excluding hydrogens is 423 g/mol. The average molecular weight is 457 g/mol. The molecule has 2 saturated heterocycles. The molecule has 34 heavy (non-hydrogen) atoms. The molecule has 3 aromatic carbocycles. The van der Waals surface area contributed by atoms with E-state index in [1.165, 1.54) is 53.9 Å². The van der Waals surface area contributed by atoms with Gasteiger partial charge in [-0.15, -0.1) is 0 Å². The first-order valence-electron chi connectivity index (χ1n) is 12.6. The predicted octanol–water partition coefficient (Wildman–Crippen LogP) is 5.89. The highest BCUT2D eigenvalue weighted by atomic mass is 19.1. The zero-order valence-corrected chi connectivity index (χ0v) is 19.9. The van der Waals surface area contributed by atoms with Gasteiger partial charge in [0.25, 0.3) is 0 Å². The summed E-state index contributed by atoms with van der Waals surface area (Å²) in [5.41, 5.74) is 7.14. The molecule has 3 aliphatic rings. The molecule has 3 nitrogen and oxygen atoms in total. The highest BCUT2D eigenvalue weighted by Crippen LogP contribution is 2.48. The van der Waals surface area contributed by atoms with Gasteiger partial charge in [-0.2, -0.15) is 0 Å². The summed E-state index contributed by atoms with van der Waals surface area (Å²) in [7, 11) is 1.73. The first-order chi connectivity index (χ1) is 16.6. The van der Waals surface area contributed by atoms with Crippen LogP contribution in [-0.2, 0) is 6.42 Å². The number of ether oxygens (including phenoxy) is 1. The molecule has 2 heterocycles. The summed E-state index contributed by atoms with van der Waals surface area (Å²) in [6, 6.07) is 22.9. The lowest BCUT2D eigenvalue weighted by molar-refractivity contribution is 0.150. The fraction of sp³-hybridized carbons (Fsp3) is 0.400. The molecule has 0 saturated carbocycles. The van der Waals surface area contributed by atoms with Crippen molar-refractivity contribution in [3.63, 3.8) is 0 Å². The SMILES string of the molecule is COc1ccc2c(c1)CC[C@H](c1ccc(F)cc1)[C@@H]2c1ccc(N2CC3(CCNCC3)C2)cc1. The van der Waals surface area contributed by atoms with Crippen LogP contribution in [0.4, 0.5) is 10.1 Å². The van der Waals surface area contributed by atoms with Gasteiger partial charge in [0.15, 0.2) is 0 Å². The molecule has 176 valence electrons. The van der Waals surface area contributed by atoms with Crippen molar-refractivity contribution < 1.29 is 9.13 Å². The molecule has 2 aliphatic heterocycles. The Kier molecular flexibility index (Phi) is 5.57. The number of anilines is 1. The van der Waals surface area contributed by atoms with Gasteiger partial charge in [0.2, 0.25) is 0 Å². The van der Waals surface area contributed by atoms with Crippen LogP contribution in [0.2, 0.25) is 0 Å². The van der Waals surface area contributed by atoms with Crippen molar-refractivity contribution in [1.82, 2.24) is 5.32 Å². The summed E-state index contributed by atoms with van der Waals surface area (Å²) in [5, 5.41) is 3.50. The molecule has 0 radical (unpaired) electrons. The molecule has 1 aliphatic carbocycles. The first kappa shape index (κ1) is 21.7. The Morgan fingerprint density at radius 3 is 2.32 bits per heavy atom. The van der Waals surface area contributed by atoms with Crippen molar-refractivity contribution >= 4 is 5.69 Å². The quantitative estimate of drug-likeness (QED) is 0.530. The Labute approximate surface area is 201 Å². The van der Waals surface area contributed by atoms with E-state index in [1.807, 2.05) is 12.1 Å². The second-order valence-electron chi connectivity index (χ2n) is 10.4. The predicted molar refractivity (Wildman–Crippen MR) is 135 cm³/mol. The number of aryl methyl sites for hydroxylation is 1. The first-order valence-corrected chi connectivity index (χ1v) is 12.6. The van der Waals surface area contributed by atoms with Crippen LogP contribution in [0, 0.1) is 11.2 Å². The van der Waals surface area contributed by atoms with E-state index in [0.29, 0.717) is 11.3 Å². The Balaban J connectivity index is 1.30. The highest BCUT2D eigenvalue weighted by Gasteiger charge is 2.43. The lowest BCUT2D eigenvalue weighted by Crippen LogP contribution is -2.60. The maximum atomic E-state index is 13.7. The van der Waals surface area contributed by atoms with Crippen LogP contribution in [0.3, 0.4) is 0 Å². The van der Waals surface area contributed by atoms with Crippen LogP contribution >= 0.6 is 0 Å². The fourth-order valence-corrected chi connectivity index (χ4v) is 6.52. The van der Waals surface area contributed by atoms with E-state index >= 15 is 0 Å². The van der Waals surface area contributed by atoms with Crippen molar-refractivity contribution in [2.75, 3.05) is 38.2 Å². The topological polar surface area (TPSA) is 24.5 Å². The summed E-state index contributed by atoms with van der Waals surface area (Å²) in [6.45, 7) is 4.67. The minimum atomic E-state index is -0.174. The number of piperidine rings is 1. The van der Waals surface area contributed by atoms with Gasteiger partial charge in [0.05, 0.1) is 7.11 Å². The van der Waals surface area contributed by atoms with Gasteiger partial charge in [0, 0.05) is 30.1 Å². The molecule has 4 heteroatoms. The molecule has 2 atom stereocenters. The maximum absolute atomic E-state index is 13.7. The monoisotopic (exact) mass is 456 g/mol. The Morgan fingerprint density at radius 1 is 0.912 bits per heavy atom. The van der Waals surface area contributed by atoms with Crippen LogP contribution in [0.1, 0.15) is 53.4 Å². The van der Waals surface area contributed by atoms with Crippen LogP contribution in [0.5, 0.6) is 5.75 Å². The number of fused-ring (bicyclic) bond motifs is 1. The van der Waals surface area contributed by atoms with Crippen molar-refractivity contribution in [2.24, 2.45) is 5.41 Å². The largest absolute Gasteiger partial charge is 0.497 e. The van der Waals surface area contributed by atoms with Gasteiger partial charge in [0.1, 0.15) is 11.6 Å². The second-order valence-corrected chi connectivity index (χ2v) is 10.4. The third-order valence-electron chi connectivity index (χ3n) is 8.44. The molecule has 0 unspecified atom stereocenters. The summed E-state index contributed by atoms with van der Waals surface area (Å²) >= 11 is 0. The summed E-state index contributed by atoms with van der Waals surface area (Å²) < 4.78 is 19.2. The number of rotatable bonds is 4. The summed E-state index contributed by atoms with van der Waals surface area (Å²) in [6.07, 6.45) is 4.64. The lowest BCUT2D eigenvalue weighted by Gasteiger charge is -2.53. The fourth-order valence-electron chi connectivity index (χ4n) is 6.52. The normalized spacial score (nSPS) is 23.3. The zero-order chi connectivity index (χ0) is 23.1. The van der Waals surface area contributed by atoms with Gasteiger partial charge >= 0.3 is 0 Å². The van der Waals surface area contributed by atoms with Gasteiger partial charge in [-0.25, -0.2) is 4.39 Å². The second kappa shape index (κ2) is 8.74. The molecular formula is C30H33FN2O. The van der Waals surface area contributed by atoms with E-state index in [0.717, 1.165) is 31.7 Å². The number of nitrogens with zero attached hydrogens (tertiary/aromatic N) is 1. The summed E-state index contributed by atoms with van der Waals surface area (Å²) in [5.74, 6) is 1.32. The molecule has 6 rings (SSSR count). The number of hydrogen-bond acceptors (Lipinski definition) is 3. The molecule has 1 N–H and O–H groups in total. The Morgan fingerprint density at radius 2 is 1.62 bits per heavy atom. The minimum absolute atomic E-state index is 0.174. The van der Waals surface area contributed by atoms with E-state index in [9.17, 15) is 4.39 Å². The number of halogens is 1. The van der Waals surface area contributed by atoms with Gasteiger partial charge in [-0.3, -0.25) is 0 Å². The van der Waals surface area contributed by atoms with Gasteiger partial charge in [-0.1, -0.05) is 30.3 Å². The standard InChI is InChI=1S/C30H33FN2O/c1-34-26-11-13-28-23(18-26)6-12-27(21-2-7-24(31)8-3-21)29(28)22-4-9-25(10-5-22)33-19-30(20-33)14-16-32-17-15-30/h2-5,7-11,13,18,27,29,32H,6,12,14-17,19-20H2,1H3/t27-,29+/m1/s1. The molecule has 0 aromatic heterocycles. The van der Waals surface area contributed by atoms with Crippen molar-refractivity contribution in [3.8, 4) is 5.75 Å². The van der Waals surface area contributed by atoms with Gasteiger partial charge in [-0.05, 0) is 103 Å². The van der Waals surface area contributed by atoms with E-state index in [2.05, 4.69) is 52.7 Å². The Hall–Kier alpha value is -2.85. The third-order valence-corrected chi connectivity index (χ3v) is 8.44. The van der Waals surface area contributed by atoms with Crippen LogP contribution < -0.4 is 15.0 Å². The van der Waals surface area contributed by atoms with Crippen molar-refractivity contribution in [1.29, 1.82) is 0 Å². The van der Waals surface area contributed by atoms with Crippen LogP contribution in [0.25, 0.3) is 0 Å². The van der Waals surface area contributed by atoms with E-state index in [-0.39, 0.29) is 11.7 Å². The lowest BCUT2D eigenvalue weighted by atomic mass is 9.69. The zero-order valence-electron chi connectivity index (χ0n) is 19.9. The minimum Gasteiger partial charge on any atom is -0.497 e.